The molecule has 73 heavy (non-hydrogen) atoms. The van der Waals surface area contributed by atoms with E-state index in [0.717, 1.165) is 64.2 Å². The summed E-state index contributed by atoms with van der Waals surface area (Å²) in [6.07, 6.45) is 75.8. The number of carbonyl (C=O) groups excluding carboxylic acids is 3. The summed E-state index contributed by atoms with van der Waals surface area (Å²) >= 11 is 0. The third kappa shape index (κ3) is 60.4. The van der Waals surface area contributed by atoms with E-state index in [9.17, 15) is 14.4 Å². The molecule has 6 nitrogen and oxygen atoms in total. The van der Waals surface area contributed by atoms with Gasteiger partial charge in [-0.05, 0) is 96.3 Å². The van der Waals surface area contributed by atoms with Gasteiger partial charge in [0.2, 0.25) is 0 Å². The van der Waals surface area contributed by atoms with E-state index in [1.165, 1.54) is 250 Å². The van der Waals surface area contributed by atoms with Crippen LogP contribution in [0, 0.1) is 0 Å². The zero-order valence-corrected chi connectivity index (χ0v) is 49.2. The van der Waals surface area contributed by atoms with Crippen molar-refractivity contribution in [2.24, 2.45) is 0 Å². The van der Waals surface area contributed by atoms with Crippen molar-refractivity contribution in [2.45, 2.75) is 361 Å². The Bertz CT molecular complexity index is 1150. The van der Waals surface area contributed by atoms with Crippen LogP contribution in [0.15, 0.2) is 36.5 Å². The van der Waals surface area contributed by atoms with Crippen LogP contribution in [0.3, 0.4) is 0 Å². The van der Waals surface area contributed by atoms with Crippen LogP contribution < -0.4 is 0 Å². The highest BCUT2D eigenvalue weighted by molar-refractivity contribution is 5.71. The fourth-order valence-corrected chi connectivity index (χ4v) is 9.67. The van der Waals surface area contributed by atoms with Crippen molar-refractivity contribution in [3.63, 3.8) is 0 Å². The summed E-state index contributed by atoms with van der Waals surface area (Å²) < 4.78 is 16.9. The first-order chi connectivity index (χ1) is 36.0. The van der Waals surface area contributed by atoms with Gasteiger partial charge >= 0.3 is 17.9 Å². The Morgan fingerprint density at radius 2 is 0.452 bits per heavy atom. The molecule has 0 atom stereocenters. The number of carbonyl (C=O) groups is 3. The average molecular weight is 1030 g/mol. The van der Waals surface area contributed by atoms with E-state index < -0.39 is 6.10 Å². The fourth-order valence-electron chi connectivity index (χ4n) is 9.67. The van der Waals surface area contributed by atoms with Crippen LogP contribution in [0.1, 0.15) is 355 Å². The molecule has 0 saturated carbocycles. The minimum atomic E-state index is -0.776. The van der Waals surface area contributed by atoms with Crippen molar-refractivity contribution in [2.75, 3.05) is 13.2 Å². The first-order valence-corrected chi connectivity index (χ1v) is 32.5. The molecule has 428 valence electrons. The SMILES string of the molecule is CCCCCC/C=C\CCCCCCCC(=O)OC(COC(=O)CCCCCCCCCCCCC/C=C\CCCCCCCC)COC(=O)CCCCCCCCCCCCC/C=C\CCCCCCCC. The molecule has 0 aliphatic carbocycles. The molecule has 0 radical (unpaired) electrons. The molecule has 0 heterocycles. The molecule has 0 bridgehead atoms. The zero-order chi connectivity index (χ0) is 52.9. The minimum absolute atomic E-state index is 0.0728. The molecule has 0 aromatic rings. The molecule has 0 rings (SSSR count). The average Bonchev–Trinajstić information content (AvgIpc) is 3.39. The summed E-state index contributed by atoms with van der Waals surface area (Å²) in [5.74, 6) is -0.861. The molecule has 0 fully saturated rings. The molecule has 0 amide bonds. The largest absolute Gasteiger partial charge is 0.462 e. The summed E-state index contributed by atoms with van der Waals surface area (Å²) in [6, 6.07) is 0. The topological polar surface area (TPSA) is 78.9 Å². The Hall–Kier alpha value is -2.37. The second-order valence-corrected chi connectivity index (χ2v) is 22.0. The minimum Gasteiger partial charge on any atom is -0.462 e. The van der Waals surface area contributed by atoms with Gasteiger partial charge in [0.25, 0.3) is 0 Å². The smallest absolute Gasteiger partial charge is 0.306 e. The van der Waals surface area contributed by atoms with Crippen molar-refractivity contribution in [3.8, 4) is 0 Å². The molecule has 0 saturated heterocycles. The number of unbranched alkanes of at least 4 members (excludes halogenated alkanes) is 43. The Balaban J connectivity index is 4.27. The number of rotatable bonds is 60. The second kappa shape index (κ2) is 62.2. The van der Waals surface area contributed by atoms with Crippen molar-refractivity contribution in [1.82, 2.24) is 0 Å². The Kier molecular flexibility index (Phi) is 60.2. The van der Waals surface area contributed by atoms with E-state index in [1.807, 2.05) is 0 Å². The van der Waals surface area contributed by atoms with Crippen LogP contribution in [-0.2, 0) is 28.6 Å². The lowest BCUT2D eigenvalue weighted by Crippen LogP contribution is -2.30. The van der Waals surface area contributed by atoms with Crippen molar-refractivity contribution in [3.05, 3.63) is 36.5 Å². The van der Waals surface area contributed by atoms with Crippen LogP contribution in [-0.4, -0.2) is 37.2 Å². The van der Waals surface area contributed by atoms with Crippen LogP contribution >= 0.6 is 0 Å². The van der Waals surface area contributed by atoms with Gasteiger partial charge in [-0.3, -0.25) is 14.4 Å². The summed E-state index contributed by atoms with van der Waals surface area (Å²) in [7, 11) is 0. The first kappa shape index (κ1) is 70.6. The van der Waals surface area contributed by atoms with Gasteiger partial charge in [0.1, 0.15) is 13.2 Å². The molecule has 0 aliphatic heterocycles. The number of hydrogen-bond acceptors (Lipinski definition) is 6. The molecular weight excluding hydrogens is 901 g/mol. The highest BCUT2D eigenvalue weighted by Gasteiger charge is 2.19. The van der Waals surface area contributed by atoms with Crippen LogP contribution in [0.25, 0.3) is 0 Å². The van der Waals surface area contributed by atoms with Gasteiger partial charge < -0.3 is 14.2 Å². The van der Waals surface area contributed by atoms with Crippen molar-refractivity contribution in [1.29, 1.82) is 0 Å². The maximum atomic E-state index is 12.9. The van der Waals surface area contributed by atoms with Crippen molar-refractivity contribution < 1.29 is 28.6 Å². The highest BCUT2D eigenvalue weighted by atomic mass is 16.6. The van der Waals surface area contributed by atoms with Crippen LogP contribution in [0.5, 0.6) is 0 Å². The Morgan fingerprint density at radius 1 is 0.260 bits per heavy atom. The Labute approximate surface area is 455 Å². The lowest BCUT2D eigenvalue weighted by Gasteiger charge is -2.18. The van der Waals surface area contributed by atoms with Gasteiger partial charge in [-0.25, -0.2) is 0 Å². The number of hydrogen-bond donors (Lipinski definition) is 0. The van der Waals surface area contributed by atoms with Gasteiger partial charge in [-0.2, -0.15) is 0 Å². The van der Waals surface area contributed by atoms with E-state index >= 15 is 0 Å². The number of esters is 3. The van der Waals surface area contributed by atoms with Crippen molar-refractivity contribution >= 4 is 17.9 Å². The van der Waals surface area contributed by atoms with Gasteiger partial charge in [-0.1, -0.05) is 276 Å². The normalized spacial score (nSPS) is 11.8. The van der Waals surface area contributed by atoms with E-state index in [-0.39, 0.29) is 31.1 Å². The fraction of sp³-hybridized carbons (Fsp3) is 0.866. The zero-order valence-electron chi connectivity index (χ0n) is 49.2. The van der Waals surface area contributed by atoms with E-state index in [0.29, 0.717) is 19.3 Å². The molecule has 0 aromatic heterocycles. The summed E-state index contributed by atoms with van der Waals surface area (Å²) in [4.78, 5) is 38.3. The molecule has 0 spiro atoms. The van der Waals surface area contributed by atoms with Gasteiger partial charge in [0.15, 0.2) is 6.10 Å². The summed E-state index contributed by atoms with van der Waals surface area (Å²) in [6.45, 7) is 6.67. The van der Waals surface area contributed by atoms with Crippen LogP contribution in [0.4, 0.5) is 0 Å². The number of allylic oxidation sites excluding steroid dienone is 6. The Morgan fingerprint density at radius 3 is 0.699 bits per heavy atom. The first-order valence-electron chi connectivity index (χ1n) is 32.5. The molecule has 0 aromatic carbocycles. The highest BCUT2D eigenvalue weighted by Crippen LogP contribution is 2.17. The van der Waals surface area contributed by atoms with E-state index in [4.69, 9.17) is 14.2 Å². The standard InChI is InChI=1S/C67H124O6/c1-4-7-10-13-16-19-22-25-27-29-31-33-35-37-39-42-44-47-50-53-56-59-65(68)71-62-64(73-67(70)61-58-55-52-49-46-41-24-21-18-15-12-9-6-3)63-72-66(69)60-57-54-51-48-45-43-40-38-36-34-32-30-28-26-23-20-17-14-11-8-5-2/h21,24-28,64H,4-20,22-23,29-63H2,1-3H3/b24-21-,27-25-,28-26-. The molecule has 0 N–H and O–H groups in total. The predicted octanol–water partition coefficient (Wildman–Crippen LogP) is 22.0. The lowest BCUT2D eigenvalue weighted by molar-refractivity contribution is -0.167. The summed E-state index contributed by atoms with van der Waals surface area (Å²) in [5.41, 5.74) is 0. The molecule has 0 aliphatic rings. The monoisotopic (exact) mass is 1020 g/mol. The lowest BCUT2D eigenvalue weighted by atomic mass is 10.0. The van der Waals surface area contributed by atoms with Crippen LogP contribution in [0.2, 0.25) is 0 Å². The summed E-state index contributed by atoms with van der Waals surface area (Å²) in [5, 5.41) is 0. The third-order valence-corrected chi connectivity index (χ3v) is 14.6. The quantitative estimate of drug-likeness (QED) is 0.0261. The van der Waals surface area contributed by atoms with Gasteiger partial charge in [-0.15, -0.1) is 0 Å². The predicted molar refractivity (Wildman–Crippen MR) is 316 cm³/mol. The molecule has 6 heteroatoms. The van der Waals surface area contributed by atoms with E-state index in [1.54, 1.807) is 0 Å². The molecule has 0 unspecified atom stereocenters. The maximum absolute atomic E-state index is 12.9. The molecular formula is C67H124O6. The van der Waals surface area contributed by atoms with Gasteiger partial charge in [0.05, 0.1) is 0 Å². The van der Waals surface area contributed by atoms with E-state index in [2.05, 4.69) is 57.2 Å². The van der Waals surface area contributed by atoms with Gasteiger partial charge in [0, 0.05) is 19.3 Å². The second-order valence-electron chi connectivity index (χ2n) is 22.0. The number of ether oxygens (including phenoxy) is 3. The third-order valence-electron chi connectivity index (χ3n) is 14.6. The maximum Gasteiger partial charge on any atom is 0.306 e.